The minimum Gasteiger partial charge on any atom is -0.466 e. The highest BCUT2D eigenvalue weighted by Gasteiger charge is 2.19. The number of aromatic nitrogens is 1. The topological polar surface area (TPSA) is 39.2 Å². The van der Waals surface area contributed by atoms with Crippen molar-refractivity contribution in [2.24, 2.45) is 0 Å². The third-order valence-corrected chi connectivity index (χ3v) is 3.94. The van der Waals surface area contributed by atoms with Crippen LogP contribution in [-0.4, -0.2) is 17.6 Å². The molecule has 0 saturated carbocycles. The number of nitrogens with zero attached hydrogens (tertiary/aromatic N) is 1. The fraction of sp³-hybridized carbons (Fsp3) is 0.455. The standard InChI is InChI=1S/C11H11BrF2INO2/c1-2-18-8(17)4-7-3-6(5-12)9(15)10(16-7)11(13)14/h3,11H,2,4-5H2,1H3. The molecule has 0 atom stereocenters. The summed E-state index contributed by atoms with van der Waals surface area (Å²) in [5, 5.41) is 0.434. The Labute approximate surface area is 126 Å². The van der Waals surface area contributed by atoms with Gasteiger partial charge in [-0.05, 0) is 41.1 Å². The maximum absolute atomic E-state index is 12.8. The zero-order chi connectivity index (χ0) is 13.7. The van der Waals surface area contributed by atoms with Crippen molar-refractivity contribution in [2.75, 3.05) is 6.61 Å². The molecule has 0 radical (unpaired) electrons. The van der Waals surface area contributed by atoms with E-state index < -0.39 is 12.4 Å². The van der Waals surface area contributed by atoms with Crippen molar-refractivity contribution < 1.29 is 18.3 Å². The van der Waals surface area contributed by atoms with E-state index in [2.05, 4.69) is 20.9 Å². The zero-order valence-electron chi connectivity index (χ0n) is 9.55. The number of pyridine rings is 1. The fourth-order valence-corrected chi connectivity index (χ4v) is 3.03. The van der Waals surface area contributed by atoms with Crippen LogP contribution < -0.4 is 0 Å². The van der Waals surface area contributed by atoms with Gasteiger partial charge in [-0.25, -0.2) is 8.78 Å². The molecule has 0 N–H and O–H groups in total. The second kappa shape index (κ2) is 7.32. The van der Waals surface area contributed by atoms with E-state index in [1.807, 2.05) is 22.6 Å². The highest BCUT2D eigenvalue weighted by Crippen LogP contribution is 2.27. The van der Waals surface area contributed by atoms with Gasteiger partial charge in [0.25, 0.3) is 6.43 Å². The first-order valence-corrected chi connectivity index (χ1v) is 7.37. The van der Waals surface area contributed by atoms with Crippen LogP contribution in [0, 0.1) is 3.57 Å². The number of ether oxygens (including phenoxy) is 1. The molecule has 1 heterocycles. The van der Waals surface area contributed by atoms with E-state index in [1.165, 1.54) is 0 Å². The second-order valence-corrected chi connectivity index (χ2v) is 5.03. The lowest BCUT2D eigenvalue weighted by Crippen LogP contribution is -2.11. The number of halogens is 4. The number of esters is 1. The summed E-state index contributed by atoms with van der Waals surface area (Å²) in [5.41, 5.74) is 0.714. The number of carbonyl (C=O) groups is 1. The Balaban J connectivity index is 3.06. The van der Waals surface area contributed by atoms with Crippen molar-refractivity contribution >= 4 is 44.5 Å². The highest BCUT2D eigenvalue weighted by atomic mass is 127. The summed E-state index contributed by atoms with van der Waals surface area (Å²) >= 11 is 5.06. The van der Waals surface area contributed by atoms with Gasteiger partial charge in [-0.1, -0.05) is 15.9 Å². The molecular weight excluding hydrogens is 423 g/mol. The van der Waals surface area contributed by atoms with Gasteiger partial charge in [-0.3, -0.25) is 9.78 Å². The van der Waals surface area contributed by atoms with Crippen molar-refractivity contribution in [3.8, 4) is 0 Å². The lowest BCUT2D eigenvalue weighted by molar-refractivity contribution is -0.142. The van der Waals surface area contributed by atoms with Crippen LogP contribution in [-0.2, 0) is 21.3 Å². The summed E-state index contributed by atoms with van der Waals surface area (Å²) in [5.74, 6) is -0.466. The Morgan fingerprint density at radius 1 is 1.61 bits per heavy atom. The maximum Gasteiger partial charge on any atom is 0.311 e. The molecule has 1 aromatic heterocycles. The van der Waals surface area contributed by atoms with Gasteiger partial charge in [0.15, 0.2) is 0 Å². The monoisotopic (exact) mass is 433 g/mol. The summed E-state index contributed by atoms with van der Waals surface area (Å²) in [6, 6.07) is 1.64. The van der Waals surface area contributed by atoms with Gasteiger partial charge < -0.3 is 4.74 Å². The number of rotatable bonds is 5. The summed E-state index contributed by atoms with van der Waals surface area (Å²) < 4.78 is 30.8. The molecule has 100 valence electrons. The van der Waals surface area contributed by atoms with E-state index in [-0.39, 0.29) is 18.7 Å². The van der Waals surface area contributed by atoms with Crippen molar-refractivity contribution in [2.45, 2.75) is 25.1 Å². The van der Waals surface area contributed by atoms with Crippen LogP contribution in [0.2, 0.25) is 0 Å². The smallest absolute Gasteiger partial charge is 0.311 e. The summed E-state index contributed by atoms with van der Waals surface area (Å²) in [7, 11) is 0. The Hall–Kier alpha value is -0.310. The molecule has 0 fully saturated rings. The molecule has 0 unspecified atom stereocenters. The molecule has 0 amide bonds. The van der Waals surface area contributed by atoms with Crippen LogP contribution in [0.15, 0.2) is 6.07 Å². The van der Waals surface area contributed by atoms with E-state index in [0.717, 1.165) is 0 Å². The van der Waals surface area contributed by atoms with Crippen molar-refractivity contribution in [3.63, 3.8) is 0 Å². The third kappa shape index (κ3) is 4.11. The second-order valence-electron chi connectivity index (χ2n) is 3.39. The molecule has 1 rings (SSSR count). The molecule has 18 heavy (non-hydrogen) atoms. The Kier molecular flexibility index (Phi) is 6.40. The van der Waals surface area contributed by atoms with Gasteiger partial charge in [0.2, 0.25) is 0 Å². The van der Waals surface area contributed by atoms with E-state index >= 15 is 0 Å². The minimum atomic E-state index is -2.66. The normalized spacial score (nSPS) is 10.8. The Morgan fingerprint density at radius 2 is 2.28 bits per heavy atom. The first kappa shape index (κ1) is 15.7. The minimum absolute atomic E-state index is 0.0928. The van der Waals surface area contributed by atoms with Crippen LogP contribution >= 0.6 is 38.5 Å². The zero-order valence-corrected chi connectivity index (χ0v) is 13.3. The molecule has 3 nitrogen and oxygen atoms in total. The van der Waals surface area contributed by atoms with E-state index in [0.29, 0.717) is 20.2 Å². The molecule has 0 aliphatic heterocycles. The molecule has 0 bridgehead atoms. The number of hydrogen-bond donors (Lipinski definition) is 0. The van der Waals surface area contributed by atoms with Crippen molar-refractivity contribution in [1.82, 2.24) is 4.98 Å². The largest absolute Gasteiger partial charge is 0.466 e. The van der Waals surface area contributed by atoms with Crippen LogP contribution in [0.25, 0.3) is 0 Å². The SMILES string of the molecule is CCOC(=O)Cc1cc(CBr)c(I)c(C(F)F)n1. The quantitative estimate of drug-likeness (QED) is 0.404. The summed E-state index contributed by atoms with van der Waals surface area (Å²) in [4.78, 5) is 15.1. The maximum atomic E-state index is 12.8. The molecule has 1 aromatic rings. The first-order valence-electron chi connectivity index (χ1n) is 5.17. The van der Waals surface area contributed by atoms with E-state index in [4.69, 9.17) is 4.74 Å². The average molecular weight is 434 g/mol. The van der Waals surface area contributed by atoms with Crippen molar-refractivity contribution in [3.05, 3.63) is 26.6 Å². The summed E-state index contributed by atoms with van der Waals surface area (Å²) in [6.07, 6.45) is -2.75. The van der Waals surface area contributed by atoms with Crippen LogP contribution in [0.1, 0.15) is 30.3 Å². The fourth-order valence-electron chi connectivity index (χ4n) is 1.36. The Morgan fingerprint density at radius 3 is 2.78 bits per heavy atom. The van der Waals surface area contributed by atoms with Gasteiger partial charge in [0.1, 0.15) is 5.69 Å². The van der Waals surface area contributed by atoms with E-state index in [1.54, 1.807) is 13.0 Å². The van der Waals surface area contributed by atoms with Crippen LogP contribution in [0.5, 0.6) is 0 Å². The first-order chi connectivity index (χ1) is 8.49. The molecule has 0 saturated heterocycles. The Bertz CT molecular complexity index is 443. The molecule has 0 spiro atoms. The van der Waals surface area contributed by atoms with Gasteiger partial charge in [0.05, 0.1) is 18.7 Å². The molecule has 0 aromatic carbocycles. The third-order valence-electron chi connectivity index (χ3n) is 2.09. The molecule has 0 aliphatic rings. The number of hydrogen-bond acceptors (Lipinski definition) is 3. The summed E-state index contributed by atoms with van der Waals surface area (Å²) in [6.45, 7) is 1.95. The van der Waals surface area contributed by atoms with Gasteiger partial charge >= 0.3 is 5.97 Å². The average Bonchev–Trinajstić information content (AvgIpc) is 2.31. The lowest BCUT2D eigenvalue weighted by atomic mass is 10.2. The number of alkyl halides is 3. The predicted octanol–water partition coefficient (Wildman–Crippen LogP) is 3.62. The van der Waals surface area contributed by atoms with Gasteiger partial charge in [-0.15, -0.1) is 0 Å². The molecule has 7 heteroatoms. The van der Waals surface area contributed by atoms with Gasteiger partial charge in [-0.2, -0.15) is 0 Å². The van der Waals surface area contributed by atoms with E-state index in [9.17, 15) is 13.6 Å². The van der Waals surface area contributed by atoms with Crippen LogP contribution in [0.3, 0.4) is 0 Å². The predicted molar refractivity (Wildman–Crippen MR) is 74.9 cm³/mol. The highest BCUT2D eigenvalue weighted by molar-refractivity contribution is 14.1. The number of carbonyl (C=O) groups excluding carboxylic acids is 1. The van der Waals surface area contributed by atoms with Crippen LogP contribution in [0.4, 0.5) is 8.78 Å². The lowest BCUT2D eigenvalue weighted by Gasteiger charge is -2.10. The molecule has 0 aliphatic carbocycles. The van der Waals surface area contributed by atoms with Crippen molar-refractivity contribution in [1.29, 1.82) is 0 Å². The van der Waals surface area contributed by atoms with Gasteiger partial charge in [0, 0.05) is 8.90 Å². The molecular formula is C11H11BrF2INO2.